The molecule has 132 valence electrons. The molecule has 0 fully saturated rings. The molecule has 0 unspecified atom stereocenters. The summed E-state index contributed by atoms with van der Waals surface area (Å²) in [4.78, 5) is 17.5. The van der Waals surface area contributed by atoms with Crippen LogP contribution in [0.4, 0.5) is 5.95 Å². The molecule has 0 aliphatic carbocycles. The fourth-order valence-electron chi connectivity index (χ4n) is 2.79. The number of benzene rings is 2. The van der Waals surface area contributed by atoms with E-state index in [1.807, 2.05) is 61.5 Å². The molecule has 6 heteroatoms. The zero-order valence-electron chi connectivity index (χ0n) is 14.6. The Bertz CT molecular complexity index is 1090. The molecule has 5 nitrogen and oxygen atoms in total. The number of nitrogens with zero attached hydrogens (tertiary/aromatic N) is 4. The lowest BCUT2D eigenvalue weighted by molar-refractivity contribution is 1.11. The molecule has 0 aliphatic heterocycles. The van der Waals surface area contributed by atoms with Crippen LogP contribution in [0.5, 0.6) is 0 Å². The molecule has 0 saturated heterocycles. The van der Waals surface area contributed by atoms with Crippen LogP contribution in [-0.2, 0) is 0 Å². The van der Waals surface area contributed by atoms with E-state index in [9.17, 15) is 0 Å². The van der Waals surface area contributed by atoms with Gasteiger partial charge in [-0.2, -0.15) is 0 Å². The quantitative estimate of drug-likeness (QED) is 0.557. The standard InChI is InChI=1S/C21H16ClN5/c1-13-9-19(14-5-7-18(22)8-6-14)27-20(26-13)16-4-2-3-15(10-16)17-11-24-21(23)25-12-17/h2-12H,1H3,(H2,23,24,25). The second kappa shape index (κ2) is 7.13. The highest BCUT2D eigenvalue weighted by Crippen LogP contribution is 2.27. The Hall–Kier alpha value is -3.31. The van der Waals surface area contributed by atoms with Crippen LogP contribution in [0.3, 0.4) is 0 Å². The van der Waals surface area contributed by atoms with Gasteiger partial charge in [-0.3, -0.25) is 0 Å². The lowest BCUT2D eigenvalue weighted by Crippen LogP contribution is -1.96. The van der Waals surface area contributed by atoms with Gasteiger partial charge in [-0.1, -0.05) is 41.9 Å². The number of aryl methyl sites for hydroxylation is 1. The van der Waals surface area contributed by atoms with Crippen molar-refractivity contribution in [1.82, 2.24) is 19.9 Å². The van der Waals surface area contributed by atoms with E-state index in [1.165, 1.54) is 0 Å². The van der Waals surface area contributed by atoms with E-state index in [0.29, 0.717) is 10.8 Å². The minimum absolute atomic E-state index is 0.254. The van der Waals surface area contributed by atoms with Crippen molar-refractivity contribution >= 4 is 17.5 Å². The second-order valence-corrected chi connectivity index (χ2v) is 6.57. The molecule has 4 aromatic rings. The summed E-state index contributed by atoms with van der Waals surface area (Å²) in [5, 5.41) is 0.697. The fraction of sp³-hybridized carbons (Fsp3) is 0.0476. The summed E-state index contributed by atoms with van der Waals surface area (Å²) in [6.07, 6.45) is 3.41. The molecule has 0 amide bonds. The first kappa shape index (κ1) is 17.1. The maximum Gasteiger partial charge on any atom is 0.219 e. The van der Waals surface area contributed by atoms with Crippen LogP contribution >= 0.6 is 11.6 Å². The zero-order valence-corrected chi connectivity index (χ0v) is 15.4. The number of rotatable bonds is 3. The van der Waals surface area contributed by atoms with Gasteiger partial charge in [0.15, 0.2) is 5.82 Å². The Morgan fingerprint density at radius 1 is 0.778 bits per heavy atom. The summed E-state index contributed by atoms with van der Waals surface area (Å²) >= 11 is 5.99. The van der Waals surface area contributed by atoms with Crippen molar-refractivity contribution in [1.29, 1.82) is 0 Å². The van der Waals surface area contributed by atoms with Crippen molar-refractivity contribution in [2.45, 2.75) is 6.92 Å². The normalized spacial score (nSPS) is 10.7. The first-order valence-electron chi connectivity index (χ1n) is 8.38. The third kappa shape index (κ3) is 3.78. The topological polar surface area (TPSA) is 77.6 Å². The summed E-state index contributed by atoms with van der Waals surface area (Å²) in [5.41, 5.74) is 11.1. The first-order chi connectivity index (χ1) is 13.1. The largest absolute Gasteiger partial charge is 0.368 e. The summed E-state index contributed by atoms with van der Waals surface area (Å²) < 4.78 is 0. The van der Waals surface area contributed by atoms with Crippen molar-refractivity contribution in [2.24, 2.45) is 0 Å². The van der Waals surface area contributed by atoms with Crippen LogP contribution in [0.1, 0.15) is 5.69 Å². The van der Waals surface area contributed by atoms with Gasteiger partial charge in [0.2, 0.25) is 5.95 Å². The predicted octanol–water partition coefficient (Wildman–Crippen LogP) is 4.81. The smallest absolute Gasteiger partial charge is 0.219 e. The van der Waals surface area contributed by atoms with Gasteiger partial charge in [-0.25, -0.2) is 19.9 Å². The SMILES string of the molecule is Cc1cc(-c2ccc(Cl)cc2)nc(-c2cccc(-c3cnc(N)nc3)c2)n1. The van der Waals surface area contributed by atoms with Gasteiger partial charge in [0.25, 0.3) is 0 Å². The molecule has 2 N–H and O–H groups in total. The number of nitrogen functional groups attached to an aromatic ring is 1. The fourth-order valence-corrected chi connectivity index (χ4v) is 2.92. The highest BCUT2D eigenvalue weighted by molar-refractivity contribution is 6.30. The third-order valence-electron chi connectivity index (χ3n) is 4.12. The van der Waals surface area contributed by atoms with Crippen molar-refractivity contribution in [3.8, 4) is 33.8 Å². The maximum atomic E-state index is 5.99. The van der Waals surface area contributed by atoms with Gasteiger partial charge in [0.1, 0.15) is 0 Å². The van der Waals surface area contributed by atoms with Gasteiger partial charge in [0.05, 0.1) is 5.69 Å². The van der Waals surface area contributed by atoms with Crippen molar-refractivity contribution < 1.29 is 0 Å². The van der Waals surface area contributed by atoms with Crippen molar-refractivity contribution in [3.05, 3.63) is 77.7 Å². The van der Waals surface area contributed by atoms with E-state index in [1.54, 1.807) is 12.4 Å². The number of aromatic nitrogens is 4. The highest BCUT2D eigenvalue weighted by atomic mass is 35.5. The molecule has 0 atom stereocenters. The Balaban J connectivity index is 1.76. The number of hydrogen-bond donors (Lipinski definition) is 1. The number of hydrogen-bond acceptors (Lipinski definition) is 5. The molecule has 2 aromatic heterocycles. The maximum absolute atomic E-state index is 5.99. The minimum atomic E-state index is 0.254. The van der Waals surface area contributed by atoms with E-state index < -0.39 is 0 Å². The van der Waals surface area contributed by atoms with Crippen molar-refractivity contribution in [3.63, 3.8) is 0 Å². The molecule has 0 spiro atoms. The Kier molecular flexibility index (Phi) is 4.52. The molecule has 2 aromatic carbocycles. The van der Waals surface area contributed by atoms with Crippen LogP contribution in [0.15, 0.2) is 67.0 Å². The summed E-state index contributed by atoms with van der Waals surface area (Å²) in [6, 6.07) is 17.6. The Morgan fingerprint density at radius 3 is 2.22 bits per heavy atom. The Labute approximate surface area is 161 Å². The van der Waals surface area contributed by atoms with E-state index in [0.717, 1.165) is 33.6 Å². The summed E-state index contributed by atoms with van der Waals surface area (Å²) in [6.45, 7) is 1.96. The van der Waals surface area contributed by atoms with Crippen LogP contribution in [-0.4, -0.2) is 19.9 Å². The van der Waals surface area contributed by atoms with Gasteiger partial charge in [-0.05, 0) is 36.8 Å². The number of halogens is 1. The van der Waals surface area contributed by atoms with Crippen molar-refractivity contribution in [2.75, 3.05) is 5.73 Å². The number of anilines is 1. The van der Waals surface area contributed by atoms with Crippen LogP contribution in [0, 0.1) is 6.92 Å². The number of nitrogens with two attached hydrogens (primary N) is 1. The van der Waals surface area contributed by atoms with Gasteiger partial charge < -0.3 is 5.73 Å². The lowest BCUT2D eigenvalue weighted by atomic mass is 10.0. The Morgan fingerprint density at radius 2 is 1.48 bits per heavy atom. The highest BCUT2D eigenvalue weighted by Gasteiger charge is 2.09. The lowest BCUT2D eigenvalue weighted by Gasteiger charge is -2.08. The average molecular weight is 374 g/mol. The minimum Gasteiger partial charge on any atom is -0.368 e. The molecule has 0 radical (unpaired) electrons. The van der Waals surface area contributed by atoms with E-state index in [4.69, 9.17) is 22.3 Å². The second-order valence-electron chi connectivity index (χ2n) is 6.14. The van der Waals surface area contributed by atoms with Gasteiger partial charge in [-0.15, -0.1) is 0 Å². The first-order valence-corrected chi connectivity index (χ1v) is 8.76. The van der Waals surface area contributed by atoms with E-state index in [-0.39, 0.29) is 5.95 Å². The van der Waals surface area contributed by atoms with Gasteiger partial charge >= 0.3 is 0 Å². The van der Waals surface area contributed by atoms with E-state index >= 15 is 0 Å². The average Bonchev–Trinajstić information content (AvgIpc) is 2.69. The molecule has 2 heterocycles. The molecule has 0 aliphatic rings. The van der Waals surface area contributed by atoms with Gasteiger partial charge in [0, 0.05) is 39.8 Å². The van der Waals surface area contributed by atoms with Crippen LogP contribution in [0.2, 0.25) is 5.02 Å². The molecular formula is C21H16ClN5. The monoisotopic (exact) mass is 373 g/mol. The molecule has 27 heavy (non-hydrogen) atoms. The predicted molar refractivity (Wildman–Crippen MR) is 108 cm³/mol. The summed E-state index contributed by atoms with van der Waals surface area (Å²) in [5.74, 6) is 0.919. The molecule has 0 bridgehead atoms. The summed E-state index contributed by atoms with van der Waals surface area (Å²) in [7, 11) is 0. The van der Waals surface area contributed by atoms with Crippen LogP contribution < -0.4 is 5.73 Å². The molecule has 0 saturated carbocycles. The van der Waals surface area contributed by atoms with E-state index in [2.05, 4.69) is 15.0 Å². The zero-order chi connectivity index (χ0) is 18.8. The molecular weight excluding hydrogens is 358 g/mol. The third-order valence-corrected chi connectivity index (χ3v) is 4.37. The molecule has 4 rings (SSSR count). The van der Waals surface area contributed by atoms with Crippen LogP contribution in [0.25, 0.3) is 33.8 Å².